The highest BCUT2D eigenvalue weighted by Crippen LogP contribution is 2.28. The van der Waals surface area contributed by atoms with Crippen molar-refractivity contribution in [3.05, 3.63) is 65.2 Å². The highest BCUT2D eigenvalue weighted by atomic mass is 19.2. The number of anilines is 1. The maximum Gasteiger partial charge on any atom is 0.224 e. The van der Waals surface area contributed by atoms with Gasteiger partial charge < -0.3 is 10.2 Å². The number of amides is 1. The molecule has 2 aromatic rings. The lowest BCUT2D eigenvalue weighted by atomic mass is 9.93. The summed E-state index contributed by atoms with van der Waals surface area (Å²) in [7, 11) is 0. The number of carbonyl (C=O) groups is 1. The summed E-state index contributed by atoms with van der Waals surface area (Å²) in [6.07, 6.45) is 4.37. The van der Waals surface area contributed by atoms with Gasteiger partial charge in [0.1, 0.15) is 6.07 Å². The van der Waals surface area contributed by atoms with Crippen LogP contribution in [0.15, 0.2) is 42.5 Å². The number of carbonyl (C=O) groups excluding carboxylic acids is 1. The second kappa shape index (κ2) is 10.8. The van der Waals surface area contributed by atoms with Crippen LogP contribution in [0.25, 0.3) is 0 Å². The average molecular weight is 453 g/mol. The van der Waals surface area contributed by atoms with E-state index in [0.717, 1.165) is 75.2 Å². The molecule has 2 aromatic carbocycles. The molecule has 1 N–H and O–H groups in total. The predicted molar refractivity (Wildman–Crippen MR) is 124 cm³/mol. The molecule has 1 amide bonds. The maximum absolute atomic E-state index is 13.4. The molecule has 2 heterocycles. The molecule has 7 heteroatoms. The SMILES string of the molecule is N#Cc1ccccc1N1CCC(N2CCCC(CNC(=O)Cc3ccc(F)c(F)c3)C2)CC1. The van der Waals surface area contributed by atoms with Gasteiger partial charge in [-0.15, -0.1) is 0 Å². The number of para-hydroxylation sites is 1. The van der Waals surface area contributed by atoms with E-state index < -0.39 is 11.6 Å². The Hall–Kier alpha value is -2.98. The summed E-state index contributed by atoms with van der Waals surface area (Å²) in [4.78, 5) is 17.2. The molecule has 0 aliphatic carbocycles. The van der Waals surface area contributed by atoms with E-state index >= 15 is 0 Å². The number of nitrogens with one attached hydrogen (secondary N) is 1. The molecule has 2 fully saturated rings. The number of nitriles is 1. The number of rotatable bonds is 6. The van der Waals surface area contributed by atoms with Gasteiger partial charge in [0.15, 0.2) is 11.6 Å². The summed E-state index contributed by atoms with van der Waals surface area (Å²) >= 11 is 0. The van der Waals surface area contributed by atoms with Crippen LogP contribution in [0.2, 0.25) is 0 Å². The lowest BCUT2D eigenvalue weighted by Crippen LogP contribution is -2.50. The lowest BCUT2D eigenvalue weighted by molar-refractivity contribution is -0.120. The van der Waals surface area contributed by atoms with Crippen molar-refractivity contribution < 1.29 is 13.6 Å². The van der Waals surface area contributed by atoms with Crippen molar-refractivity contribution in [1.29, 1.82) is 5.26 Å². The third-order valence-electron chi connectivity index (χ3n) is 6.83. The van der Waals surface area contributed by atoms with Crippen LogP contribution in [0.3, 0.4) is 0 Å². The van der Waals surface area contributed by atoms with E-state index in [2.05, 4.69) is 21.2 Å². The molecule has 1 atom stereocenters. The molecule has 33 heavy (non-hydrogen) atoms. The number of nitrogens with zero attached hydrogens (tertiary/aromatic N) is 3. The van der Waals surface area contributed by atoms with Crippen molar-refractivity contribution in [2.45, 2.75) is 38.1 Å². The topological polar surface area (TPSA) is 59.4 Å². The summed E-state index contributed by atoms with van der Waals surface area (Å²) in [6, 6.07) is 14.2. The number of likely N-dealkylation sites (tertiary alicyclic amines) is 1. The maximum atomic E-state index is 13.4. The lowest BCUT2D eigenvalue weighted by Gasteiger charge is -2.43. The molecule has 2 aliphatic heterocycles. The van der Waals surface area contributed by atoms with Gasteiger partial charge in [-0.2, -0.15) is 5.26 Å². The molecule has 0 spiro atoms. The predicted octanol–water partition coefficient (Wildman–Crippen LogP) is 3.88. The summed E-state index contributed by atoms with van der Waals surface area (Å²) in [5.74, 6) is -1.60. The Bertz CT molecular complexity index is 1010. The Morgan fingerprint density at radius 3 is 2.61 bits per heavy atom. The first-order chi connectivity index (χ1) is 16.0. The fourth-order valence-electron chi connectivity index (χ4n) is 5.07. The van der Waals surface area contributed by atoms with Crippen LogP contribution in [0.4, 0.5) is 14.5 Å². The van der Waals surface area contributed by atoms with E-state index in [0.29, 0.717) is 24.1 Å². The molecule has 0 aromatic heterocycles. The Morgan fingerprint density at radius 2 is 1.85 bits per heavy atom. The summed E-state index contributed by atoms with van der Waals surface area (Å²) in [6.45, 7) is 4.53. The van der Waals surface area contributed by atoms with E-state index in [4.69, 9.17) is 0 Å². The van der Waals surface area contributed by atoms with Gasteiger partial charge in [-0.3, -0.25) is 9.69 Å². The smallest absolute Gasteiger partial charge is 0.224 e. The molecule has 4 rings (SSSR count). The van der Waals surface area contributed by atoms with Crippen LogP contribution < -0.4 is 10.2 Å². The Balaban J connectivity index is 1.24. The third-order valence-corrected chi connectivity index (χ3v) is 6.83. The van der Waals surface area contributed by atoms with Crippen molar-refractivity contribution in [3.63, 3.8) is 0 Å². The van der Waals surface area contributed by atoms with Gasteiger partial charge in [0.25, 0.3) is 0 Å². The highest BCUT2D eigenvalue weighted by Gasteiger charge is 2.29. The van der Waals surface area contributed by atoms with E-state index in [1.54, 1.807) is 0 Å². The Labute approximate surface area is 194 Å². The van der Waals surface area contributed by atoms with E-state index in [-0.39, 0.29) is 12.3 Å². The van der Waals surface area contributed by atoms with Gasteiger partial charge >= 0.3 is 0 Å². The summed E-state index contributed by atoms with van der Waals surface area (Å²) in [5.41, 5.74) is 2.23. The quantitative estimate of drug-likeness (QED) is 0.723. The fourth-order valence-corrected chi connectivity index (χ4v) is 5.07. The normalized spacial score (nSPS) is 19.8. The van der Waals surface area contributed by atoms with Crippen molar-refractivity contribution >= 4 is 11.6 Å². The molecular formula is C26H30F2N4O. The molecule has 0 radical (unpaired) electrons. The number of halogens is 2. The largest absolute Gasteiger partial charge is 0.370 e. The zero-order valence-corrected chi connectivity index (χ0v) is 18.8. The summed E-state index contributed by atoms with van der Waals surface area (Å²) < 4.78 is 26.4. The van der Waals surface area contributed by atoms with Crippen LogP contribution >= 0.6 is 0 Å². The van der Waals surface area contributed by atoms with E-state index in [1.165, 1.54) is 6.07 Å². The fraction of sp³-hybridized carbons (Fsp3) is 0.462. The highest BCUT2D eigenvalue weighted by molar-refractivity contribution is 5.78. The first kappa shape index (κ1) is 23.2. The minimum absolute atomic E-state index is 0.0519. The van der Waals surface area contributed by atoms with Gasteiger partial charge in [-0.25, -0.2) is 8.78 Å². The zero-order valence-electron chi connectivity index (χ0n) is 18.8. The first-order valence-corrected chi connectivity index (χ1v) is 11.7. The van der Waals surface area contributed by atoms with Crippen molar-refractivity contribution in [2.24, 2.45) is 5.92 Å². The van der Waals surface area contributed by atoms with Gasteiger partial charge in [0.05, 0.1) is 17.7 Å². The molecule has 2 saturated heterocycles. The van der Waals surface area contributed by atoms with Crippen LogP contribution in [-0.2, 0) is 11.2 Å². The number of hydrogen-bond donors (Lipinski definition) is 1. The Morgan fingerprint density at radius 1 is 1.06 bits per heavy atom. The minimum atomic E-state index is -0.926. The molecule has 0 bridgehead atoms. The summed E-state index contributed by atoms with van der Waals surface area (Å²) in [5, 5.41) is 12.4. The van der Waals surface area contributed by atoms with Gasteiger partial charge in [0.2, 0.25) is 5.91 Å². The number of benzene rings is 2. The van der Waals surface area contributed by atoms with E-state index in [1.807, 2.05) is 24.3 Å². The van der Waals surface area contributed by atoms with Gasteiger partial charge in [0, 0.05) is 32.2 Å². The molecular weight excluding hydrogens is 422 g/mol. The number of piperidine rings is 2. The van der Waals surface area contributed by atoms with Gasteiger partial charge in [-0.05, 0) is 68.0 Å². The minimum Gasteiger partial charge on any atom is -0.370 e. The molecule has 2 aliphatic rings. The molecule has 5 nitrogen and oxygen atoms in total. The molecule has 174 valence electrons. The second-order valence-electron chi connectivity index (χ2n) is 9.08. The molecule has 1 unspecified atom stereocenters. The van der Waals surface area contributed by atoms with Gasteiger partial charge in [-0.1, -0.05) is 18.2 Å². The average Bonchev–Trinajstić information content (AvgIpc) is 2.85. The third kappa shape index (κ3) is 5.88. The van der Waals surface area contributed by atoms with E-state index in [9.17, 15) is 18.8 Å². The van der Waals surface area contributed by atoms with Crippen molar-refractivity contribution in [3.8, 4) is 6.07 Å². The van der Waals surface area contributed by atoms with Crippen LogP contribution in [0, 0.1) is 28.9 Å². The zero-order chi connectivity index (χ0) is 23.2. The molecule has 0 saturated carbocycles. The van der Waals surface area contributed by atoms with Crippen LogP contribution in [0.5, 0.6) is 0 Å². The van der Waals surface area contributed by atoms with Crippen LogP contribution in [-0.4, -0.2) is 49.6 Å². The van der Waals surface area contributed by atoms with Crippen molar-refractivity contribution in [2.75, 3.05) is 37.6 Å². The van der Waals surface area contributed by atoms with Crippen molar-refractivity contribution in [1.82, 2.24) is 10.2 Å². The standard InChI is InChI=1S/C26H30F2N4O/c27-23-8-7-19(14-24(23)28)15-26(33)30-17-20-4-3-11-32(18-20)22-9-12-31(13-10-22)25-6-2-1-5-21(25)16-29/h1-2,5-8,14,20,22H,3-4,9-13,15,17-18H2,(H,30,33). The monoisotopic (exact) mass is 452 g/mol. The number of hydrogen-bond acceptors (Lipinski definition) is 4. The first-order valence-electron chi connectivity index (χ1n) is 11.7. The van der Waals surface area contributed by atoms with Crippen LogP contribution in [0.1, 0.15) is 36.8 Å². The second-order valence-corrected chi connectivity index (χ2v) is 9.08. The Kier molecular flexibility index (Phi) is 7.56.